The zero-order chi connectivity index (χ0) is 11.4. The fourth-order valence-electron chi connectivity index (χ4n) is 0.968. The molecule has 4 nitrogen and oxygen atoms in total. The van der Waals surface area contributed by atoms with Gasteiger partial charge in [0.1, 0.15) is 22.7 Å². The molecule has 78 valence electrons. The predicted octanol–water partition coefficient (Wildman–Crippen LogP) is 0.0613. The van der Waals surface area contributed by atoms with Crippen LogP contribution in [0.5, 0.6) is 5.75 Å². The van der Waals surface area contributed by atoms with E-state index in [0.29, 0.717) is 0 Å². The van der Waals surface area contributed by atoms with Crippen LogP contribution in [-0.4, -0.2) is 23.8 Å². The van der Waals surface area contributed by atoms with Gasteiger partial charge in [-0.25, -0.2) is 4.39 Å². The maximum Gasteiger partial charge on any atom is 0.491 e. The van der Waals surface area contributed by atoms with Gasteiger partial charge in [0.2, 0.25) is 0 Å². The molecule has 0 bridgehead atoms. The molecule has 0 spiro atoms. The van der Waals surface area contributed by atoms with Crippen molar-refractivity contribution < 1.29 is 19.2 Å². The highest BCUT2D eigenvalue weighted by atomic mass is 35.5. The Morgan fingerprint density at radius 1 is 1.53 bits per heavy atom. The first-order valence-corrected chi connectivity index (χ1v) is 4.29. The first-order chi connectivity index (χ1) is 7.07. The van der Waals surface area contributed by atoms with Gasteiger partial charge in [-0.15, -0.1) is 0 Å². The molecule has 0 fully saturated rings. The third-order valence-corrected chi connectivity index (χ3v) is 2.00. The van der Waals surface area contributed by atoms with Crippen LogP contribution in [0.4, 0.5) is 4.39 Å². The monoisotopic (exact) mass is 229 g/mol. The summed E-state index contributed by atoms with van der Waals surface area (Å²) < 4.78 is 18.1. The smallest absolute Gasteiger partial charge is 0.477 e. The van der Waals surface area contributed by atoms with Gasteiger partial charge in [-0.05, 0) is 6.07 Å². The molecule has 1 rings (SSSR count). The van der Waals surface area contributed by atoms with Gasteiger partial charge in [0, 0.05) is 5.46 Å². The lowest BCUT2D eigenvalue weighted by Crippen LogP contribution is -2.32. The standard InChI is InChI=1S/C8H6BClFNO3/c10-7-6(15-4-3-12)2-1-5(8(7)11)9(13)14/h1-2,13-14H,4H2. The van der Waals surface area contributed by atoms with Crippen LogP contribution >= 0.6 is 11.6 Å². The topological polar surface area (TPSA) is 73.5 Å². The lowest BCUT2D eigenvalue weighted by atomic mass is 9.80. The SMILES string of the molecule is N#CCOc1ccc(B(O)O)c(F)c1Cl. The van der Waals surface area contributed by atoms with Crippen LogP contribution < -0.4 is 10.2 Å². The van der Waals surface area contributed by atoms with Gasteiger partial charge in [0.15, 0.2) is 6.61 Å². The normalized spacial score (nSPS) is 9.53. The summed E-state index contributed by atoms with van der Waals surface area (Å²) in [6, 6.07) is 4.08. The van der Waals surface area contributed by atoms with Crippen molar-refractivity contribution in [1.82, 2.24) is 0 Å². The Balaban J connectivity index is 3.05. The Morgan fingerprint density at radius 2 is 2.20 bits per heavy atom. The number of hydrogen-bond acceptors (Lipinski definition) is 4. The van der Waals surface area contributed by atoms with E-state index in [9.17, 15) is 4.39 Å². The lowest BCUT2D eigenvalue weighted by Gasteiger charge is -2.08. The molecule has 0 radical (unpaired) electrons. The molecule has 7 heteroatoms. The average Bonchev–Trinajstić information content (AvgIpc) is 2.20. The van der Waals surface area contributed by atoms with E-state index >= 15 is 0 Å². The second-order valence-corrected chi connectivity index (χ2v) is 2.98. The summed E-state index contributed by atoms with van der Waals surface area (Å²) in [6.45, 7) is -0.264. The molecule has 1 aromatic carbocycles. The summed E-state index contributed by atoms with van der Waals surface area (Å²) >= 11 is 5.55. The second kappa shape index (κ2) is 4.98. The molecule has 0 aliphatic carbocycles. The van der Waals surface area contributed by atoms with E-state index in [4.69, 9.17) is 31.6 Å². The Morgan fingerprint density at radius 3 is 2.73 bits per heavy atom. The summed E-state index contributed by atoms with van der Waals surface area (Å²) in [4.78, 5) is 0. The lowest BCUT2D eigenvalue weighted by molar-refractivity contribution is 0.366. The van der Waals surface area contributed by atoms with Crippen molar-refractivity contribution in [3.05, 3.63) is 23.0 Å². The summed E-state index contributed by atoms with van der Waals surface area (Å²) in [5, 5.41) is 25.4. The summed E-state index contributed by atoms with van der Waals surface area (Å²) in [5.41, 5.74) is -0.343. The van der Waals surface area contributed by atoms with Crippen LogP contribution in [0.1, 0.15) is 0 Å². The van der Waals surface area contributed by atoms with Crippen LogP contribution in [-0.2, 0) is 0 Å². The molecule has 0 aromatic heterocycles. The Bertz CT molecular complexity index is 408. The molecule has 1 aromatic rings. The molecular weight excluding hydrogens is 223 g/mol. The molecule has 0 saturated heterocycles. The Hall–Kier alpha value is -1.29. The maximum atomic E-state index is 13.3. The van der Waals surface area contributed by atoms with Gasteiger partial charge >= 0.3 is 7.12 Å². The highest BCUT2D eigenvalue weighted by Crippen LogP contribution is 2.25. The van der Waals surface area contributed by atoms with Crippen molar-refractivity contribution in [3.63, 3.8) is 0 Å². The van der Waals surface area contributed by atoms with Crippen molar-refractivity contribution in [1.29, 1.82) is 5.26 Å². The fourth-order valence-corrected chi connectivity index (χ4v) is 1.19. The second-order valence-electron chi connectivity index (χ2n) is 2.60. The Labute approximate surface area is 90.6 Å². The van der Waals surface area contributed by atoms with E-state index < -0.39 is 12.9 Å². The van der Waals surface area contributed by atoms with Crippen molar-refractivity contribution >= 4 is 24.2 Å². The minimum absolute atomic E-state index is 0.0138. The minimum atomic E-state index is -1.94. The van der Waals surface area contributed by atoms with E-state index in [-0.39, 0.29) is 22.8 Å². The fraction of sp³-hybridized carbons (Fsp3) is 0.125. The molecule has 15 heavy (non-hydrogen) atoms. The van der Waals surface area contributed by atoms with Gasteiger partial charge in [-0.2, -0.15) is 5.26 Å². The first kappa shape index (κ1) is 11.8. The number of hydrogen-bond donors (Lipinski definition) is 2. The summed E-state index contributed by atoms with van der Waals surface area (Å²) in [6.07, 6.45) is 0. The molecule has 0 amide bonds. The van der Waals surface area contributed by atoms with E-state index in [0.717, 1.165) is 6.07 Å². The van der Waals surface area contributed by atoms with E-state index in [1.165, 1.54) is 6.07 Å². The maximum absolute atomic E-state index is 13.3. The summed E-state index contributed by atoms with van der Waals surface area (Å²) in [5.74, 6) is -0.984. The van der Waals surface area contributed by atoms with Crippen LogP contribution in [0, 0.1) is 17.1 Å². The largest absolute Gasteiger partial charge is 0.491 e. The van der Waals surface area contributed by atoms with Gasteiger partial charge in [0.05, 0.1) is 0 Å². The Kier molecular flexibility index (Phi) is 3.92. The first-order valence-electron chi connectivity index (χ1n) is 3.91. The van der Waals surface area contributed by atoms with E-state index in [2.05, 4.69) is 0 Å². The molecule has 0 saturated carbocycles. The van der Waals surface area contributed by atoms with Crippen LogP contribution in [0.15, 0.2) is 12.1 Å². The number of nitrogens with zero attached hydrogens (tertiary/aromatic N) is 1. The van der Waals surface area contributed by atoms with Gasteiger partial charge in [0.25, 0.3) is 0 Å². The zero-order valence-electron chi connectivity index (χ0n) is 7.44. The van der Waals surface area contributed by atoms with E-state index in [1.54, 1.807) is 6.07 Å². The van der Waals surface area contributed by atoms with Crippen molar-refractivity contribution in [2.45, 2.75) is 0 Å². The molecule has 2 N–H and O–H groups in total. The van der Waals surface area contributed by atoms with Gasteiger partial charge in [-0.3, -0.25) is 0 Å². The third-order valence-electron chi connectivity index (χ3n) is 1.65. The number of ether oxygens (including phenoxy) is 1. The molecule has 0 heterocycles. The molecule has 0 aliphatic rings. The number of halogens is 2. The number of nitriles is 1. The molecule has 0 unspecified atom stereocenters. The van der Waals surface area contributed by atoms with Crippen LogP contribution in [0.25, 0.3) is 0 Å². The van der Waals surface area contributed by atoms with Crippen molar-refractivity contribution in [2.75, 3.05) is 6.61 Å². The van der Waals surface area contributed by atoms with Crippen molar-refractivity contribution in [2.24, 2.45) is 0 Å². The molecular formula is C8H6BClFNO3. The minimum Gasteiger partial charge on any atom is -0.477 e. The van der Waals surface area contributed by atoms with Gasteiger partial charge in [-0.1, -0.05) is 17.7 Å². The quantitative estimate of drug-likeness (QED) is 0.719. The predicted molar refractivity (Wildman–Crippen MR) is 52.3 cm³/mol. The van der Waals surface area contributed by atoms with Crippen molar-refractivity contribution in [3.8, 4) is 11.8 Å². The third kappa shape index (κ3) is 2.60. The van der Waals surface area contributed by atoms with Crippen LogP contribution in [0.3, 0.4) is 0 Å². The van der Waals surface area contributed by atoms with Gasteiger partial charge < -0.3 is 14.8 Å². The average molecular weight is 229 g/mol. The molecule has 0 aliphatic heterocycles. The van der Waals surface area contributed by atoms with Crippen LogP contribution in [0.2, 0.25) is 5.02 Å². The zero-order valence-corrected chi connectivity index (χ0v) is 8.20. The van der Waals surface area contributed by atoms with E-state index in [1.807, 2.05) is 0 Å². The summed E-state index contributed by atoms with van der Waals surface area (Å²) in [7, 11) is -1.94. The molecule has 0 atom stereocenters. The number of benzene rings is 1. The number of rotatable bonds is 3. The highest BCUT2D eigenvalue weighted by Gasteiger charge is 2.20. The highest BCUT2D eigenvalue weighted by molar-refractivity contribution is 6.59.